The first-order valence-corrected chi connectivity index (χ1v) is 6.48. The fraction of sp³-hybridized carbons (Fsp3) is 0.833. The summed E-state index contributed by atoms with van der Waals surface area (Å²) in [5, 5.41) is 9.14. The summed E-state index contributed by atoms with van der Waals surface area (Å²) in [6.45, 7) is 2.15. The molecule has 0 aliphatic carbocycles. The lowest BCUT2D eigenvalue weighted by molar-refractivity contribution is -0.143. The Morgan fingerprint density at radius 1 is 0.941 bits per heavy atom. The van der Waals surface area contributed by atoms with Crippen molar-refractivity contribution >= 4 is 12.0 Å². The van der Waals surface area contributed by atoms with Gasteiger partial charge < -0.3 is 14.9 Å². The van der Waals surface area contributed by atoms with Crippen LogP contribution in [0.5, 0.6) is 0 Å². The molecule has 2 aliphatic heterocycles. The number of carbonyl (C=O) groups excluding carboxylic acids is 1. The third-order valence-electron chi connectivity index (χ3n) is 3.66. The van der Waals surface area contributed by atoms with E-state index in [2.05, 4.69) is 0 Å². The van der Waals surface area contributed by atoms with Gasteiger partial charge >= 0.3 is 12.0 Å². The highest BCUT2D eigenvalue weighted by Crippen LogP contribution is 2.20. The van der Waals surface area contributed by atoms with Gasteiger partial charge in [0.15, 0.2) is 0 Å². The highest BCUT2D eigenvalue weighted by atomic mass is 16.4. The number of rotatable bonds is 1. The molecule has 0 spiro atoms. The van der Waals surface area contributed by atoms with E-state index in [1.807, 2.05) is 4.90 Å². The monoisotopic (exact) mass is 240 g/mol. The summed E-state index contributed by atoms with van der Waals surface area (Å²) in [5.41, 5.74) is 0. The third kappa shape index (κ3) is 2.70. The number of hydrogen-bond donors (Lipinski definition) is 1. The van der Waals surface area contributed by atoms with Crippen molar-refractivity contribution in [2.75, 3.05) is 19.6 Å². The second kappa shape index (κ2) is 5.38. The van der Waals surface area contributed by atoms with Crippen molar-refractivity contribution in [3.05, 3.63) is 0 Å². The van der Waals surface area contributed by atoms with Gasteiger partial charge in [-0.3, -0.25) is 0 Å². The Balaban J connectivity index is 2.02. The van der Waals surface area contributed by atoms with Crippen LogP contribution in [0.4, 0.5) is 4.79 Å². The highest BCUT2D eigenvalue weighted by molar-refractivity contribution is 5.83. The van der Waals surface area contributed by atoms with Crippen LogP contribution >= 0.6 is 0 Å². The van der Waals surface area contributed by atoms with E-state index in [4.69, 9.17) is 5.11 Å². The Kier molecular flexibility index (Phi) is 3.86. The Hall–Kier alpha value is -1.26. The van der Waals surface area contributed by atoms with Crippen LogP contribution in [0.1, 0.15) is 38.5 Å². The summed E-state index contributed by atoms with van der Waals surface area (Å²) in [4.78, 5) is 26.8. The normalized spacial score (nSPS) is 25.8. The van der Waals surface area contributed by atoms with Crippen LogP contribution in [-0.4, -0.2) is 52.6 Å². The molecular formula is C12H20N2O3. The summed E-state index contributed by atoms with van der Waals surface area (Å²) in [6.07, 6.45) is 5.67. The molecule has 1 atom stereocenters. The van der Waals surface area contributed by atoms with E-state index in [0.29, 0.717) is 13.0 Å². The first-order chi connectivity index (χ1) is 8.20. The molecule has 2 amide bonds. The van der Waals surface area contributed by atoms with E-state index in [1.165, 1.54) is 6.42 Å². The molecule has 0 aromatic carbocycles. The number of carbonyl (C=O) groups is 2. The van der Waals surface area contributed by atoms with Gasteiger partial charge in [-0.1, -0.05) is 0 Å². The zero-order valence-corrected chi connectivity index (χ0v) is 10.1. The van der Waals surface area contributed by atoms with Crippen LogP contribution in [0.3, 0.4) is 0 Å². The Morgan fingerprint density at radius 2 is 1.59 bits per heavy atom. The van der Waals surface area contributed by atoms with Crippen molar-refractivity contribution in [2.45, 2.75) is 44.6 Å². The van der Waals surface area contributed by atoms with Crippen LogP contribution in [0.15, 0.2) is 0 Å². The molecule has 96 valence electrons. The van der Waals surface area contributed by atoms with E-state index in [0.717, 1.165) is 38.8 Å². The van der Waals surface area contributed by atoms with Gasteiger partial charge in [0, 0.05) is 19.6 Å². The van der Waals surface area contributed by atoms with E-state index < -0.39 is 12.0 Å². The number of likely N-dealkylation sites (tertiary alicyclic amines) is 2. The molecule has 0 aromatic rings. The molecule has 0 radical (unpaired) electrons. The van der Waals surface area contributed by atoms with Gasteiger partial charge in [-0.25, -0.2) is 9.59 Å². The van der Waals surface area contributed by atoms with Gasteiger partial charge in [-0.2, -0.15) is 0 Å². The predicted molar refractivity (Wildman–Crippen MR) is 62.8 cm³/mol. The minimum Gasteiger partial charge on any atom is -0.480 e. The molecule has 0 bridgehead atoms. The van der Waals surface area contributed by atoms with E-state index in [-0.39, 0.29) is 6.03 Å². The van der Waals surface area contributed by atoms with Gasteiger partial charge in [0.2, 0.25) is 0 Å². The fourth-order valence-electron chi connectivity index (χ4n) is 2.68. The van der Waals surface area contributed by atoms with Crippen molar-refractivity contribution in [3.63, 3.8) is 0 Å². The number of carboxylic acids is 1. The number of urea groups is 1. The number of nitrogens with zero attached hydrogens (tertiary/aromatic N) is 2. The van der Waals surface area contributed by atoms with Crippen LogP contribution < -0.4 is 0 Å². The molecule has 2 aliphatic rings. The van der Waals surface area contributed by atoms with Crippen molar-refractivity contribution < 1.29 is 14.7 Å². The average Bonchev–Trinajstić information content (AvgIpc) is 2.39. The lowest BCUT2D eigenvalue weighted by Gasteiger charge is -2.38. The van der Waals surface area contributed by atoms with E-state index in [9.17, 15) is 9.59 Å². The second-order valence-corrected chi connectivity index (χ2v) is 4.87. The Bertz CT molecular complexity index is 300. The molecule has 17 heavy (non-hydrogen) atoms. The zero-order chi connectivity index (χ0) is 12.3. The lowest BCUT2D eigenvalue weighted by atomic mass is 10.0. The van der Waals surface area contributed by atoms with E-state index in [1.54, 1.807) is 4.90 Å². The largest absolute Gasteiger partial charge is 0.480 e. The molecule has 0 unspecified atom stereocenters. The summed E-state index contributed by atoms with van der Waals surface area (Å²) in [6, 6.07) is -0.685. The van der Waals surface area contributed by atoms with Crippen LogP contribution in [0, 0.1) is 0 Å². The maximum atomic E-state index is 12.3. The van der Waals surface area contributed by atoms with Gasteiger partial charge in [-0.15, -0.1) is 0 Å². The minimum atomic E-state index is -0.866. The van der Waals surface area contributed by atoms with E-state index >= 15 is 0 Å². The molecular weight excluding hydrogens is 220 g/mol. The first-order valence-electron chi connectivity index (χ1n) is 6.48. The van der Waals surface area contributed by atoms with Crippen LogP contribution in [0.2, 0.25) is 0 Å². The molecule has 5 heteroatoms. The van der Waals surface area contributed by atoms with Gasteiger partial charge in [0.1, 0.15) is 6.04 Å². The van der Waals surface area contributed by atoms with Crippen LogP contribution in [0.25, 0.3) is 0 Å². The minimum absolute atomic E-state index is 0.0724. The molecule has 2 rings (SSSR count). The maximum absolute atomic E-state index is 12.3. The number of hydrogen-bond acceptors (Lipinski definition) is 2. The fourth-order valence-corrected chi connectivity index (χ4v) is 2.68. The third-order valence-corrected chi connectivity index (χ3v) is 3.66. The van der Waals surface area contributed by atoms with Gasteiger partial charge in [0.05, 0.1) is 0 Å². The van der Waals surface area contributed by atoms with Crippen LogP contribution in [-0.2, 0) is 4.79 Å². The Morgan fingerprint density at radius 3 is 2.24 bits per heavy atom. The lowest BCUT2D eigenvalue weighted by Crippen LogP contribution is -2.54. The van der Waals surface area contributed by atoms with Crippen molar-refractivity contribution in [1.29, 1.82) is 0 Å². The Labute approximate surface area is 101 Å². The molecule has 2 heterocycles. The topological polar surface area (TPSA) is 60.9 Å². The first kappa shape index (κ1) is 12.2. The molecule has 2 fully saturated rings. The quantitative estimate of drug-likeness (QED) is 0.756. The number of amides is 2. The summed E-state index contributed by atoms with van der Waals surface area (Å²) in [5.74, 6) is -0.866. The maximum Gasteiger partial charge on any atom is 0.326 e. The number of piperidine rings is 2. The number of aliphatic carboxylic acids is 1. The van der Waals surface area contributed by atoms with Crippen molar-refractivity contribution in [2.24, 2.45) is 0 Å². The molecule has 1 N–H and O–H groups in total. The smallest absolute Gasteiger partial charge is 0.326 e. The molecule has 0 saturated carbocycles. The summed E-state index contributed by atoms with van der Waals surface area (Å²) in [7, 11) is 0. The SMILES string of the molecule is O=C(O)[C@@H]1CCCCN1C(=O)N1CCCCC1. The zero-order valence-electron chi connectivity index (χ0n) is 10.1. The van der Waals surface area contributed by atoms with Gasteiger partial charge in [0.25, 0.3) is 0 Å². The molecule has 5 nitrogen and oxygen atoms in total. The average molecular weight is 240 g/mol. The number of carboxylic acid groups (broad SMARTS) is 1. The molecule has 2 saturated heterocycles. The summed E-state index contributed by atoms with van der Waals surface area (Å²) >= 11 is 0. The van der Waals surface area contributed by atoms with Crippen molar-refractivity contribution in [1.82, 2.24) is 9.80 Å². The molecule has 0 aromatic heterocycles. The highest BCUT2D eigenvalue weighted by Gasteiger charge is 2.34. The van der Waals surface area contributed by atoms with Gasteiger partial charge in [-0.05, 0) is 38.5 Å². The second-order valence-electron chi connectivity index (χ2n) is 4.87. The standard InChI is InChI=1S/C12H20N2O3/c15-11(16)10-6-2-5-9-14(10)12(17)13-7-3-1-4-8-13/h10H,1-9H2,(H,15,16)/t10-/m0/s1. The predicted octanol–water partition coefficient (Wildman–Crippen LogP) is 1.53. The van der Waals surface area contributed by atoms with Crippen molar-refractivity contribution in [3.8, 4) is 0 Å². The summed E-state index contributed by atoms with van der Waals surface area (Å²) < 4.78 is 0.